The van der Waals surface area contributed by atoms with Gasteiger partial charge in [-0.15, -0.1) is 0 Å². The van der Waals surface area contributed by atoms with Crippen molar-refractivity contribution < 1.29 is 19.1 Å². The van der Waals surface area contributed by atoms with Crippen molar-refractivity contribution in [1.29, 1.82) is 0 Å². The lowest BCUT2D eigenvalue weighted by Gasteiger charge is -2.36. The van der Waals surface area contributed by atoms with E-state index in [1.54, 1.807) is 7.11 Å². The van der Waals surface area contributed by atoms with Crippen LogP contribution in [0.2, 0.25) is 0 Å². The van der Waals surface area contributed by atoms with Gasteiger partial charge in [-0.05, 0) is 49.1 Å². The number of nitrogens with zero attached hydrogens (tertiary/aromatic N) is 1. The van der Waals surface area contributed by atoms with E-state index >= 15 is 0 Å². The van der Waals surface area contributed by atoms with Gasteiger partial charge in [0.15, 0.2) is 5.78 Å². The van der Waals surface area contributed by atoms with Crippen LogP contribution in [0, 0.1) is 0 Å². The number of likely N-dealkylation sites (tertiary alicyclic amines) is 1. The molecule has 7 heteroatoms. The molecule has 7 nitrogen and oxygen atoms in total. The number of urea groups is 1. The number of ketones is 1. The van der Waals surface area contributed by atoms with E-state index in [0.29, 0.717) is 30.6 Å². The molecule has 0 aromatic heterocycles. The topological polar surface area (TPSA) is 87.7 Å². The molecule has 0 bridgehead atoms. The third-order valence-corrected chi connectivity index (χ3v) is 6.24. The van der Waals surface area contributed by atoms with Crippen LogP contribution in [0.4, 0.5) is 4.79 Å². The molecule has 2 aromatic rings. The summed E-state index contributed by atoms with van der Waals surface area (Å²) in [5, 5.41) is 7.09. The molecule has 0 atom stereocenters. The predicted octanol–water partition coefficient (Wildman–Crippen LogP) is 2.88. The predicted molar refractivity (Wildman–Crippen MR) is 114 cm³/mol. The molecule has 2 aliphatic heterocycles. The molecule has 0 radical (unpaired) electrons. The van der Waals surface area contributed by atoms with Crippen LogP contribution in [-0.4, -0.2) is 54.9 Å². The van der Waals surface area contributed by atoms with E-state index in [4.69, 9.17) is 4.74 Å². The Bertz CT molecular complexity index is 980. The second-order valence-corrected chi connectivity index (χ2v) is 8.08. The Morgan fingerprint density at radius 1 is 1.10 bits per heavy atom. The maximum atomic E-state index is 12.9. The van der Waals surface area contributed by atoms with Crippen molar-refractivity contribution >= 4 is 28.5 Å². The summed E-state index contributed by atoms with van der Waals surface area (Å²) < 4.78 is 5.45. The highest BCUT2D eigenvalue weighted by molar-refractivity contribution is 6.10. The fourth-order valence-electron chi connectivity index (χ4n) is 4.49. The molecule has 30 heavy (non-hydrogen) atoms. The minimum absolute atomic E-state index is 0.103. The number of piperidine rings is 1. The van der Waals surface area contributed by atoms with Gasteiger partial charge in [0.25, 0.3) is 5.91 Å². The number of benzene rings is 2. The third kappa shape index (κ3) is 3.89. The zero-order chi connectivity index (χ0) is 21.1. The van der Waals surface area contributed by atoms with Crippen molar-refractivity contribution in [2.75, 3.05) is 26.7 Å². The number of amides is 3. The average molecular weight is 409 g/mol. The van der Waals surface area contributed by atoms with Crippen LogP contribution >= 0.6 is 0 Å². The van der Waals surface area contributed by atoms with Crippen molar-refractivity contribution in [3.05, 3.63) is 42.0 Å². The number of imide groups is 1. The number of fused-ring (bicyclic) bond motifs is 1. The van der Waals surface area contributed by atoms with E-state index in [-0.39, 0.29) is 11.7 Å². The molecule has 2 aromatic carbocycles. The van der Waals surface area contributed by atoms with Crippen molar-refractivity contribution in [2.24, 2.45) is 0 Å². The number of hydrogen-bond donors (Lipinski definition) is 2. The molecule has 0 aliphatic carbocycles. The molecular weight excluding hydrogens is 382 g/mol. The molecule has 2 fully saturated rings. The SMILES string of the molecule is COc1ccc2ccccc2c1C(=O)CCCCN1CCC2(CC1)NC(=O)NC2=O. The molecule has 2 saturated heterocycles. The highest BCUT2D eigenvalue weighted by Crippen LogP contribution is 2.30. The van der Waals surface area contributed by atoms with Crippen LogP contribution < -0.4 is 15.4 Å². The Balaban J connectivity index is 1.29. The number of hydrogen-bond acceptors (Lipinski definition) is 5. The first-order chi connectivity index (χ1) is 14.5. The van der Waals surface area contributed by atoms with E-state index in [0.717, 1.165) is 43.2 Å². The average Bonchev–Trinajstić information content (AvgIpc) is 3.03. The Morgan fingerprint density at radius 2 is 1.87 bits per heavy atom. The summed E-state index contributed by atoms with van der Waals surface area (Å²) in [4.78, 5) is 38.7. The van der Waals surface area contributed by atoms with Gasteiger partial charge in [0, 0.05) is 19.5 Å². The highest BCUT2D eigenvalue weighted by atomic mass is 16.5. The number of ether oxygens (including phenoxy) is 1. The monoisotopic (exact) mass is 409 g/mol. The fraction of sp³-hybridized carbons (Fsp3) is 0.435. The number of nitrogens with one attached hydrogen (secondary N) is 2. The number of carbonyl (C=O) groups is 3. The minimum Gasteiger partial charge on any atom is -0.496 e. The van der Waals surface area contributed by atoms with Gasteiger partial charge in [-0.25, -0.2) is 4.79 Å². The Labute approximate surface area is 175 Å². The number of rotatable bonds is 7. The van der Waals surface area contributed by atoms with Gasteiger partial charge in [-0.1, -0.05) is 30.3 Å². The summed E-state index contributed by atoms with van der Waals surface area (Å²) in [6.45, 7) is 2.41. The lowest BCUT2D eigenvalue weighted by Crippen LogP contribution is -2.54. The maximum Gasteiger partial charge on any atom is 0.322 e. The van der Waals surface area contributed by atoms with Crippen LogP contribution in [0.25, 0.3) is 10.8 Å². The number of unbranched alkanes of at least 4 members (excludes halogenated alkanes) is 1. The molecule has 1 spiro atoms. The van der Waals surface area contributed by atoms with Crippen molar-refractivity contribution in [2.45, 2.75) is 37.6 Å². The Kier molecular flexibility index (Phi) is 5.72. The molecule has 158 valence electrons. The van der Waals surface area contributed by atoms with Gasteiger partial charge < -0.3 is 15.0 Å². The first kappa shape index (κ1) is 20.3. The second kappa shape index (κ2) is 8.44. The first-order valence-corrected chi connectivity index (χ1v) is 10.5. The molecule has 2 N–H and O–H groups in total. The normalized spacial score (nSPS) is 18.4. The summed E-state index contributed by atoms with van der Waals surface area (Å²) >= 11 is 0. The molecule has 0 unspecified atom stereocenters. The molecule has 3 amide bonds. The Hall–Kier alpha value is -2.93. The lowest BCUT2D eigenvalue weighted by atomic mass is 9.87. The quantitative estimate of drug-likeness (QED) is 0.417. The van der Waals surface area contributed by atoms with Gasteiger partial charge in [-0.2, -0.15) is 0 Å². The summed E-state index contributed by atoms with van der Waals surface area (Å²) in [5.41, 5.74) is -0.0624. The standard InChI is InChI=1S/C23H27N3O4/c1-30-19-10-9-16-6-2-3-7-17(16)20(19)18(27)8-4-5-13-26-14-11-23(12-15-26)21(28)24-22(29)25-23/h2-3,6-7,9-10H,4-5,8,11-15H2,1H3,(H2,24,25,28,29). The highest BCUT2D eigenvalue weighted by Gasteiger charge is 2.47. The van der Waals surface area contributed by atoms with Crippen LogP contribution in [0.3, 0.4) is 0 Å². The van der Waals surface area contributed by atoms with E-state index < -0.39 is 11.6 Å². The fourth-order valence-corrected chi connectivity index (χ4v) is 4.49. The largest absolute Gasteiger partial charge is 0.496 e. The van der Waals surface area contributed by atoms with E-state index in [2.05, 4.69) is 15.5 Å². The van der Waals surface area contributed by atoms with Crippen molar-refractivity contribution in [3.8, 4) is 5.75 Å². The van der Waals surface area contributed by atoms with Crippen molar-refractivity contribution in [3.63, 3.8) is 0 Å². The summed E-state index contributed by atoms with van der Waals surface area (Å²) in [6.07, 6.45) is 3.42. The van der Waals surface area contributed by atoms with Gasteiger partial charge in [0.2, 0.25) is 0 Å². The van der Waals surface area contributed by atoms with E-state index in [9.17, 15) is 14.4 Å². The number of carbonyl (C=O) groups excluding carboxylic acids is 3. The summed E-state index contributed by atoms with van der Waals surface area (Å²) in [7, 11) is 1.59. The zero-order valence-corrected chi connectivity index (χ0v) is 17.2. The molecule has 2 aliphatic rings. The van der Waals surface area contributed by atoms with Crippen molar-refractivity contribution in [1.82, 2.24) is 15.5 Å². The van der Waals surface area contributed by atoms with Gasteiger partial charge >= 0.3 is 6.03 Å². The van der Waals surface area contributed by atoms with E-state index in [1.165, 1.54) is 0 Å². The van der Waals surface area contributed by atoms with Gasteiger partial charge in [0.1, 0.15) is 11.3 Å². The number of methoxy groups -OCH3 is 1. The van der Waals surface area contributed by atoms with Gasteiger partial charge in [-0.3, -0.25) is 14.9 Å². The second-order valence-electron chi connectivity index (χ2n) is 8.08. The van der Waals surface area contributed by atoms with Crippen LogP contribution in [0.15, 0.2) is 36.4 Å². The zero-order valence-electron chi connectivity index (χ0n) is 17.2. The summed E-state index contributed by atoms with van der Waals surface area (Å²) in [5.74, 6) is 0.519. The lowest BCUT2D eigenvalue weighted by molar-refractivity contribution is -0.125. The van der Waals surface area contributed by atoms with Gasteiger partial charge in [0.05, 0.1) is 12.7 Å². The minimum atomic E-state index is -0.728. The Morgan fingerprint density at radius 3 is 2.57 bits per heavy atom. The maximum absolute atomic E-state index is 12.9. The van der Waals surface area contributed by atoms with E-state index in [1.807, 2.05) is 36.4 Å². The summed E-state index contributed by atoms with van der Waals surface area (Å²) in [6, 6.07) is 11.3. The first-order valence-electron chi connectivity index (χ1n) is 10.5. The third-order valence-electron chi connectivity index (χ3n) is 6.24. The number of Topliss-reactive ketones (excluding diaryl/α,β-unsaturated/α-hetero) is 1. The molecule has 0 saturated carbocycles. The molecule has 2 heterocycles. The van der Waals surface area contributed by atoms with Crippen LogP contribution in [0.5, 0.6) is 5.75 Å². The van der Waals surface area contributed by atoms with Crippen LogP contribution in [-0.2, 0) is 4.79 Å². The molecule has 4 rings (SSSR count). The van der Waals surface area contributed by atoms with Crippen LogP contribution in [0.1, 0.15) is 42.5 Å². The smallest absolute Gasteiger partial charge is 0.322 e. The molecular formula is C23H27N3O4.